The summed E-state index contributed by atoms with van der Waals surface area (Å²) in [4.78, 5) is 12.3. The number of hydrogen-bond acceptors (Lipinski definition) is 3. The van der Waals surface area contributed by atoms with Crippen LogP contribution < -0.4 is 5.32 Å². The average Bonchev–Trinajstić information content (AvgIpc) is 3.22. The number of rotatable bonds is 3. The van der Waals surface area contributed by atoms with Crippen LogP contribution in [0.1, 0.15) is 37.7 Å². The predicted octanol–water partition coefficient (Wildman–Crippen LogP) is 2.90. The highest BCUT2D eigenvalue weighted by molar-refractivity contribution is 5.76. The maximum Gasteiger partial charge on any atom is 0.323 e. The summed E-state index contributed by atoms with van der Waals surface area (Å²) in [6.45, 7) is 1.40. The van der Waals surface area contributed by atoms with Crippen molar-refractivity contribution in [2.24, 2.45) is 17.3 Å². The molecule has 3 fully saturated rings. The van der Waals surface area contributed by atoms with Crippen LogP contribution in [0.3, 0.4) is 0 Å². The number of esters is 1. The summed E-state index contributed by atoms with van der Waals surface area (Å²) in [6, 6.07) is 9.82. The standard InChI is InChI=1S/C18H23NO2/c20-17(21-11-13-4-2-1-3-5-13)16-10-18(12-19-16)9-14-6-7-15(18)8-14/h1-5,14-16,19H,6-12H2. The molecule has 1 aromatic rings. The Morgan fingerprint density at radius 2 is 2.10 bits per heavy atom. The first-order valence-electron chi connectivity index (χ1n) is 8.19. The topological polar surface area (TPSA) is 38.3 Å². The molecule has 4 atom stereocenters. The number of carbonyl (C=O) groups excluding carboxylic acids is 1. The first-order chi connectivity index (χ1) is 10.3. The SMILES string of the molecule is O=C(OCc1ccccc1)C1CC2(CN1)CC1CCC2C1. The summed E-state index contributed by atoms with van der Waals surface area (Å²) in [6.07, 6.45) is 6.50. The van der Waals surface area contributed by atoms with Crippen LogP contribution in [0.4, 0.5) is 0 Å². The number of hydrogen-bond donors (Lipinski definition) is 1. The molecule has 0 radical (unpaired) electrons. The zero-order valence-electron chi connectivity index (χ0n) is 12.4. The number of benzene rings is 1. The van der Waals surface area contributed by atoms with Gasteiger partial charge in [-0.2, -0.15) is 0 Å². The molecule has 1 aliphatic heterocycles. The highest BCUT2D eigenvalue weighted by Gasteiger charge is 2.55. The van der Waals surface area contributed by atoms with Gasteiger partial charge in [-0.25, -0.2) is 0 Å². The van der Waals surface area contributed by atoms with E-state index in [1.165, 1.54) is 25.7 Å². The van der Waals surface area contributed by atoms with Crippen molar-refractivity contribution in [1.29, 1.82) is 0 Å². The fraction of sp³-hybridized carbons (Fsp3) is 0.611. The van der Waals surface area contributed by atoms with E-state index >= 15 is 0 Å². The van der Waals surface area contributed by atoms with Gasteiger partial charge in [0.2, 0.25) is 0 Å². The van der Waals surface area contributed by atoms with Crippen LogP contribution in [0.25, 0.3) is 0 Å². The van der Waals surface area contributed by atoms with E-state index in [1.807, 2.05) is 30.3 Å². The van der Waals surface area contributed by atoms with Crippen molar-refractivity contribution in [3.63, 3.8) is 0 Å². The lowest BCUT2D eigenvalue weighted by Gasteiger charge is -2.32. The monoisotopic (exact) mass is 285 g/mol. The number of fused-ring (bicyclic) bond motifs is 3. The van der Waals surface area contributed by atoms with Gasteiger partial charge in [-0.1, -0.05) is 36.8 Å². The normalized spacial score (nSPS) is 37.2. The molecular formula is C18H23NO2. The molecule has 2 aliphatic carbocycles. The highest BCUT2D eigenvalue weighted by Crippen LogP contribution is 2.59. The summed E-state index contributed by atoms with van der Waals surface area (Å²) >= 11 is 0. The second kappa shape index (κ2) is 5.13. The molecule has 1 heterocycles. The summed E-state index contributed by atoms with van der Waals surface area (Å²) in [5, 5.41) is 3.44. The Kier molecular flexibility index (Phi) is 3.26. The van der Waals surface area contributed by atoms with E-state index in [0.29, 0.717) is 12.0 Å². The third-order valence-corrected chi connectivity index (χ3v) is 5.92. The maximum absolute atomic E-state index is 12.3. The van der Waals surface area contributed by atoms with Gasteiger partial charge in [0.05, 0.1) is 0 Å². The molecule has 1 N–H and O–H groups in total. The van der Waals surface area contributed by atoms with Crippen LogP contribution in [-0.2, 0) is 16.1 Å². The van der Waals surface area contributed by atoms with Gasteiger partial charge in [-0.05, 0) is 48.5 Å². The lowest BCUT2D eigenvalue weighted by Crippen LogP contribution is -2.32. The second-order valence-electron chi connectivity index (χ2n) is 7.17. The van der Waals surface area contributed by atoms with Crippen molar-refractivity contribution in [1.82, 2.24) is 5.32 Å². The van der Waals surface area contributed by atoms with Gasteiger partial charge in [-0.3, -0.25) is 4.79 Å². The molecule has 0 amide bonds. The molecule has 3 aliphatic rings. The third kappa shape index (κ3) is 2.38. The predicted molar refractivity (Wildman–Crippen MR) is 80.5 cm³/mol. The maximum atomic E-state index is 12.3. The lowest BCUT2D eigenvalue weighted by atomic mass is 9.72. The van der Waals surface area contributed by atoms with Crippen LogP contribution in [0.2, 0.25) is 0 Å². The summed E-state index contributed by atoms with van der Waals surface area (Å²) in [5.74, 6) is 1.70. The van der Waals surface area contributed by atoms with Gasteiger partial charge >= 0.3 is 5.97 Å². The van der Waals surface area contributed by atoms with Gasteiger partial charge in [0.15, 0.2) is 0 Å². The first kappa shape index (κ1) is 13.3. The Hall–Kier alpha value is -1.35. The number of carbonyl (C=O) groups is 1. The van der Waals surface area contributed by atoms with Crippen molar-refractivity contribution in [3.8, 4) is 0 Å². The molecule has 1 aromatic carbocycles. The molecule has 0 aromatic heterocycles. The van der Waals surface area contributed by atoms with E-state index in [4.69, 9.17) is 4.74 Å². The van der Waals surface area contributed by atoms with Crippen LogP contribution >= 0.6 is 0 Å². The zero-order chi connectivity index (χ0) is 14.3. The Bertz CT molecular complexity index is 529. The van der Waals surface area contributed by atoms with Crippen LogP contribution in [0, 0.1) is 17.3 Å². The van der Waals surface area contributed by atoms with Crippen LogP contribution in [0.15, 0.2) is 30.3 Å². The van der Waals surface area contributed by atoms with E-state index in [1.54, 1.807) is 0 Å². The van der Waals surface area contributed by atoms with E-state index in [-0.39, 0.29) is 12.0 Å². The van der Waals surface area contributed by atoms with E-state index in [9.17, 15) is 4.79 Å². The van der Waals surface area contributed by atoms with Crippen molar-refractivity contribution < 1.29 is 9.53 Å². The molecule has 21 heavy (non-hydrogen) atoms. The Morgan fingerprint density at radius 3 is 2.81 bits per heavy atom. The molecule has 1 spiro atoms. The zero-order valence-corrected chi connectivity index (χ0v) is 12.4. The average molecular weight is 285 g/mol. The fourth-order valence-corrected chi connectivity index (χ4v) is 4.90. The molecule has 112 valence electrons. The van der Waals surface area contributed by atoms with Crippen molar-refractivity contribution in [2.75, 3.05) is 6.54 Å². The Labute approximate surface area is 126 Å². The van der Waals surface area contributed by atoms with Gasteiger partial charge < -0.3 is 10.1 Å². The summed E-state index contributed by atoms with van der Waals surface area (Å²) in [7, 11) is 0. The van der Waals surface area contributed by atoms with E-state index in [0.717, 1.165) is 30.4 Å². The minimum absolute atomic E-state index is 0.0708. The molecule has 3 heteroatoms. The quantitative estimate of drug-likeness (QED) is 0.868. The number of ether oxygens (including phenoxy) is 1. The molecule has 4 rings (SSSR count). The Morgan fingerprint density at radius 1 is 1.24 bits per heavy atom. The lowest BCUT2D eigenvalue weighted by molar-refractivity contribution is -0.147. The molecule has 2 bridgehead atoms. The molecule has 1 saturated heterocycles. The summed E-state index contributed by atoms with van der Waals surface area (Å²) in [5.41, 5.74) is 1.46. The largest absolute Gasteiger partial charge is 0.460 e. The van der Waals surface area contributed by atoms with Crippen LogP contribution in [0.5, 0.6) is 0 Å². The smallest absolute Gasteiger partial charge is 0.323 e. The minimum atomic E-state index is -0.0898. The molecule has 4 unspecified atom stereocenters. The van der Waals surface area contributed by atoms with E-state index < -0.39 is 0 Å². The minimum Gasteiger partial charge on any atom is -0.460 e. The van der Waals surface area contributed by atoms with Crippen molar-refractivity contribution in [3.05, 3.63) is 35.9 Å². The van der Waals surface area contributed by atoms with E-state index in [2.05, 4.69) is 5.32 Å². The van der Waals surface area contributed by atoms with Crippen molar-refractivity contribution in [2.45, 2.75) is 44.8 Å². The van der Waals surface area contributed by atoms with Gasteiger partial charge in [0.25, 0.3) is 0 Å². The first-order valence-corrected chi connectivity index (χ1v) is 8.19. The number of nitrogens with one attached hydrogen (secondary N) is 1. The van der Waals surface area contributed by atoms with Gasteiger partial charge in [0.1, 0.15) is 12.6 Å². The molecular weight excluding hydrogens is 262 g/mol. The Balaban J connectivity index is 1.34. The summed E-state index contributed by atoms with van der Waals surface area (Å²) < 4.78 is 5.49. The van der Waals surface area contributed by atoms with Gasteiger partial charge in [-0.15, -0.1) is 0 Å². The van der Waals surface area contributed by atoms with Crippen LogP contribution in [-0.4, -0.2) is 18.6 Å². The molecule has 3 nitrogen and oxygen atoms in total. The van der Waals surface area contributed by atoms with Crippen molar-refractivity contribution >= 4 is 5.97 Å². The highest BCUT2D eigenvalue weighted by atomic mass is 16.5. The van der Waals surface area contributed by atoms with Gasteiger partial charge in [0, 0.05) is 6.54 Å². The fourth-order valence-electron chi connectivity index (χ4n) is 4.90. The second-order valence-corrected chi connectivity index (χ2v) is 7.17. The third-order valence-electron chi connectivity index (χ3n) is 5.92. The molecule has 2 saturated carbocycles.